The summed E-state index contributed by atoms with van der Waals surface area (Å²) in [7, 11) is 0. The summed E-state index contributed by atoms with van der Waals surface area (Å²) in [5.74, 6) is 0. The molecule has 19 heavy (non-hydrogen) atoms. The van der Waals surface area contributed by atoms with E-state index in [1.165, 1.54) is 0 Å². The number of benzene rings is 1. The Labute approximate surface area is 117 Å². The summed E-state index contributed by atoms with van der Waals surface area (Å²) in [4.78, 5) is 3.95. The van der Waals surface area contributed by atoms with E-state index in [9.17, 15) is 0 Å². The third-order valence-electron chi connectivity index (χ3n) is 2.90. The molecule has 0 saturated heterocycles. The van der Waals surface area contributed by atoms with Gasteiger partial charge in [-0.05, 0) is 42.3 Å². The van der Waals surface area contributed by atoms with E-state index in [1.54, 1.807) is 12.3 Å². The van der Waals surface area contributed by atoms with Crippen LogP contribution < -0.4 is 5.32 Å². The van der Waals surface area contributed by atoms with Crippen LogP contribution in [0, 0.1) is 11.3 Å². The lowest BCUT2D eigenvalue weighted by molar-refractivity contribution is 0.574. The number of aromatic nitrogens is 1. The Balaban J connectivity index is 2.00. The standard InChI is InChI=1S/C15H14ClN3/c1-11(13-3-2-4-14(16)8-13)19-10-12-5-6-18-15(7-12)9-17/h2-8,11,19H,10H2,1H3. The van der Waals surface area contributed by atoms with Crippen LogP contribution in [-0.4, -0.2) is 4.98 Å². The van der Waals surface area contributed by atoms with Crippen LogP contribution in [0.2, 0.25) is 5.02 Å². The highest BCUT2D eigenvalue weighted by molar-refractivity contribution is 6.30. The molecule has 0 aliphatic rings. The van der Waals surface area contributed by atoms with Gasteiger partial charge in [0.2, 0.25) is 0 Å². The first kappa shape index (κ1) is 13.5. The van der Waals surface area contributed by atoms with Crippen molar-refractivity contribution in [1.29, 1.82) is 5.26 Å². The summed E-state index contributed by atoms with van der Waals surface area (Å²) in [6.45, 7) is 2.77. The molecule has 1 unspecified atom stereocenters. The second-order valence-electron chi connectivity index (χ2n) is 4.32. The monoisotopic (exact) mass is 271 g/mol. The van der Waals surface area contributed by atoms with Crippen LogP contribution in [0.4, 0.5) is 0 Å². The summed E-state index contributed by atoms with van der Waals surface area (Å²) in [6.07, 6.45) is 1.65. The maximum absolute atomic E-state index is 8.80. The molecule has 0 radical (unpaired) electrons. The molecule has 0 aliphatic heterocycles. The van der Waals surface area contributed by atoms with Crippen molar-refractivity contribution in [1.82, 2.24) is 10.3 Å². The summed E-state index contributed by atoms with van der Waals surface area (Å²) in [6, 6.07) is 13.7. The van der Waals surface area contributed by atoms with Gasteiger partial charge in [-0.2, -0.15) is 5.26 Å². The van der Waals surface area contributed by atoms with Crippen LogP contribution in [0.3, 0.4) is 0 Å². The molecule has 1 aromatic carbocycles. The number of rotatable bonds is 4. The first-order valence-electron chi connectivity index (χ1n) is 6.03. The Morgan fingerprint density at radius 2 is 2.21 bits per heavy atom. The predicted octanol–water partition coefficient (Wildman–Crippen LogP) is 3.46. The minimum atomic E-state index is 0.192. The molecule has 96 valence electrons. The zero-order valence-electron chi connectivity index (χ0n) is 10.6. The fourth-order valence-electron chi connectivity index (χ4n) is 1.81. The fourth-order valence-corrected chi connectivity index (χ4v) is 2.01. The second-order valence-corrected chi connectivity index (χ2v) is 4.76. The Hall–Kier alpha value is -1.89. The lowest BCUT2D eigenvalue weighted by atomic mass is 10.1. The molecule has 0 aliphatic carbocycles. The van der Waals surface area contributed by atoms with Gasteiger partial charge in [-0.25, -0.2) is 4.98 Å². The van der Waals surface area contributed by atoms with Crippen molar-refractivity contribution < 1.29 is 0 Å². The van der Waals surface area contributed by atoms with E-state index in [1.807, 2.05) is 36.4 Å². The van der Waals surface area contributed by atoms with Crippen LogP contribution in [0.25, 0.3) is 0 Å². The maximum Gasteiger partial charge on any atom is 0.140 e. The Morgan fingerprint density at radius 3 is 2.95 bits per heavy atom. The summed E-state index contributed by atoms with van der Waals surface area (Å²) >= 11 is 5.97. The lowest BCUT2D eigenvalue weighted by Crippen LogP contribution is -2.18. The number of nitriles is 1. The quantitative estimate of drug-likeness (QED) is 0.926. The van der Waals surface area contributed by atoms with Gasteiger partial charge in [-0.15, -0.1) is 0 Å². The number of halogens is 1. The molecule has 0 bridgehead atoms. The summed E-state index contributed by atoms with van der Waals surface area (Å²) in [5.41, 5.74) is 2.62. The van der Waals surface area contributed by atoms with Crippen LogP contribution in [-0.2, 0) is 6.54 Å². The van der Waals surface area contributed by atoms with Crippen LogP contribution in [0.15, 0.2) is 42.6 Å². The van der Waals surface area contributed by atoms with Crippen LogP contribution in [0.5, 0.6) is 0 Å². The molecule has 1 N–H and O–H groups in total. The molecule has 0 saturated carbocycles. The highest BCUT2D eigenvalue weighted by Crippen LogP contribution is 2.17. The van der Waals surface area contributed by atoms with E-state index < -0.39 is 0 Å². The average molecular weight is 272 g/mol. The van der Waals surface area contributed by atoms with E-state index in [-0.39, 0.29) is 6.04 Å². The zero-order valence-corrected chi connectivity index (χ0v) is 11.4. The molecule has 4 heteroatoms. The van der Waals surface area contributed by atoms with Gasteiger partial charge in [-0.1, -0.05) is 23.7 Å². The number of nitrogens with one attached hydrogen (secondary N) is 1. The van der Waals surface area contributed by atoms with Gasteiger partial charge in [0.1, 0.15) is 11.8 Å². The third kappa shape index (κ3) is 3.78. The maximum atomic E-state index is 8.80. The van der Waals surface area contributed by atoms with Gasteiger partial charge in [-0.3, -0.25) is 0 Å². The van der Waals surface area contributed by atoms with Gasteiger partial charge < -0.3 is 5.32 Å². The third-order valence-corrected chi connectivity index (χ3v) is 3.14. The molecule has 2 aromatic rings. The lowest BCUT2D eigenvalue weighted by Gasteiger charge is -2.14. The number of nitrogens with zero attached hydrogens (tertiary/aromatic N) is 2. The molecular weight excluding hydrogens is 258 g/mol. The SMILES string of the molecule is CC(NCc1ccnc(C#N)c1)c1cccc(Cl)c1. The van der Waals surface area contributed by atoms with Crippen LogP contribution >= 0.6 is 11.6 Å². The van der Waals surface area contributed by atoms with Gasteiger partial charge in [0.05, 0.1) is 0 Å². The smallest absolute Gasteiger partial charge is 0.140 e. The van der Waals surface area contributed by atoms with E-state index in [4.69, 9.17) is 16.9 Å². The van der Waals surface area contributed by atoms with Crippen molar-refractivity contribution in [3.8, 4) is 6.07 Å². The van der Waals surface area contributed by atoms with Gasteiger partial charge in [0, 0.05) is 23.8 Å². The van der Waals surface area contributed by atoms with Gasteiger partial charge in [0.15, 0.2) is 0 Å². The molecule has 0 amide bonds. The average Bonchev–Trinajstić information content (AvgIpc) is 2.45. The predicted molar refractivity (Wildman–Crippen MR) is 75.7 cm³/mol. The molecular formula is C15H14ClN3. The van der Waals surface area contributed by atoms with Gasteiger partial charge >= 0.3 is 0 Å². The van der Waals surface area contributed by atoms with Crippen molar-refractivity contribution in [2.45, 2.75) is 19.5 Å². The van der Waals surface area contributed by atoms with Crippen LogP contribution in [0.1, 0.15) is 29.8 Å². The molecule has 1 heterocycles. The highest BCUT2D eigenvalue weighted by Gasteiger charge is 2.05. The van der Waals surface area contributed by atoms with Crippen molar-refractivity contribution in [2.75, 3.05) is 0 Å². The minimum absolute atomic E-state index is 0.192. The topological polar surface area (TPSA) is 48.7 Å². The Morgan fingerprint density at radius 1 is 1.37 bits per heavy atom. The fraction of sp³-hybridized carbons (Fsp3) is 0.200. The second kappa shape index (κ2) is 6.33. The number of hydrogen-bond donors (Lipinski definition) is 1. The number of hydrogen-bond acceptors (Lipinski definition) is 3. The molecule has 1 atom stereocenters. The normalized spacial score (nSPS) is 11.8. The Kier molecular flexibility index (Phi) is 4.51. The van der Waals surface area contributed by atoms with Gasteiger partial charge in [0.25, 0.3) is 0 Å². The first-order valence-corrected chi connectivity index (χ1v) is 6.40. The largest absolute Gasteiger partial charge is 0.306 e. The molecule has 3 nitrogen and oxygen atoms in total. The first-order chi connectivity index (χ1) is 9.19. The van der Waals surface area contributed by atoms with E-state index in [0.29, 0.717) is 12.2 Å². The molecule has 2 rings (SSSR count). The molecule has 1 aromatic heterocycles. The van der Waals surface area contributed by atoms with Crippen molar-refractivity contribution in [3.63, 3.8) is 0 Å². The van der Waals surface area contributed by atoms with E-state index in [2.05, 4.69) is 17.2 Å². The van der Waals surface area contributed by atoms with E-state index in [0.717, 1.165) is 16.1 Å². The summed E-state index contributed by atoms with van der Waals surface area (Å²) < 4.78 is 0. The molecule has 0 spiro atoms. The number of pyridine rings is 1. The van der Waals surface area contributed by atoms with Crippen molar-refractivity contribution in [3.05, 3.63) is 64.4 Å². The minimum Gasteiger partial charge on any atom is -0.306 e. The summed E-state index contributed by atoms with van der Waals surface area (Å²) in [5, 5.41) is 12.9. The zero-order chi connectivity index (χ0) is 13.7. The molecule has 0 fully saturated rings. The Bertz CT molecular complexity index is 604. The van der Waals surface area contributed by atoms with E-state index >= 15 is 0 Å². The van der Waals surface area contributed by atoms with Crippen molar-refractivity contribution in [2.24, 2.45) is 0 Å². The highest BCUT2D eigenvalue weighted by atomic mass is 35.5. The van der Waals surface area contributed by atoms with Crippen molar-refractivity contribution >= 4 is 11.6 Å².